The summed E-state index contributed by atoms with van der Waals surface area (Å²) in [7, 11) is 0. The Hall–Kier alpha value is 0.949. The fraction of sp³-hybridized carbons (Fsp3) is 0. The van der Waals surface area contributed by atoms with E-state index >= 15 is 0 Å². The molecule has 0 saturated carbocycles. The van der Waals surface area contributed by atoms with Crippen molar-refractivity contribution >= 4 is 0 Å². The number of hydrogen-bond acceptors (Lipinski definition) is 4. The van der Waals surface area contributed by atoms with Gasteiger partial charge in [-0.05, 0) is 0 Å². The average molecular weight is 160 g/mol. The second-order valence-corrected chi connectivity index (χ2v) is 5.53. The molecule has 1 aliphatic heterocycles. The molecule has 1 rings (SSSR count). The van der Waals surface area contributed by atoms with Gasteiger partial charge in [0.1, 0.15) is 0 Å². The summed E-state index contributed by atoms with van der Waals surface area (Å²) < 4.78 is 27.8. The van der Waals surface area contributed by atoms with Crippen molar-refractivity contribution in [1.82, 2.24) is 0 Å². The van der Waals surface area contributed by atoms with Crippen LogP contribution >= 0.6 is 0 Å². The molecule has 1 aliphatic rings. The number of rotatable bonds is 0. The van der Waals surface area contributed by atoms with E-state index in [-0.39, 0.29) is 0 Å². The monoisotopic (exact) mass is 160 g/mol. The van der Waals surface area contributed by atoms with Gasteiger partial charge < -0.3 is 0 Å². The van der Waals surface area contributed by atoms with Crippen LogP contribution in [0.15, 0.2) is 0 Å². The molecule has 0 amide bonds. The Bertz CT molecular complexity index is 82.1. The van der Waals surface area contributed by atoms with E-state index in [9.17, 15) is 6.65 Å². The van der Waals surface area contributed by atoms with Crippen LogP contribution in [0.3, 0.4) is 0 Å². The van der Waals surface area contributed by atoms with Gasteiger partial charge in [-0.2, -0.15) is 0 Å². The van der Waals surface area contributed by atoms with Crippen molar-refractivity contribution in [2.24, 2.45) is 0 Å². The summed E-state index contributed by atoms with van der Waals surface area (Å²) in [6, 6.07) is 0. The van der Waals surface area contributed by atoms with Crippen molar-refractivity contribution in [3.05, 3.63) is 0 Å². The van der Waals surface area contributed by atoms with E-state index in [1.165, 1.54) is 0 Å². The first-order chi connectivity index (χ1) is 2.79. The second-order valence-electron chi connectivity index (χ2n) is 0.704. The van der Waals surface area contributed by atoms with Gasteiger partial charge in [0.2, 0.25) is 0 Å². The summed E-state index contributed by atoms with van der Waals surface area (Å²) in [6.45, 7) is 0. The zero-order valence-electron chi connectivity index (χ0n) is 2.63. The molecule has 1 heterocycles. The third kappa shape index (κ3) is 0.964. The molecule has 6 heteroatoms. The van der Waals surface area contributed by atoms with Crippen LogP contribution in [0.5, 0.6) is 0 Å². The first-order valence-electron chi connectivity index (χ1n) is 1.22. The van der Waals surface area contributed by atoms with Crippen LogP contribution in [-0.2, 0) is 47.7 Å². The minimum absolute atomic E-state index is 2.73. The fourth-order valence-corrected chi connectivity index (χ4v) is 2.44. The van der Waals surface area contributed by atoms with Crippen LogP contribution in [0.25, 0.3) is 0 Å². The molecule has 0 bridgehead atoms. The van der Waals surface area contributed by atoms with Gasteiger partial charge in [0.25, 0.3) is 0 Å². The maximum atomic E-state index is 9.76. The quantitative estimate of drug-likeness (QED) is 0.453. The zero-order chi connectivity index (χ0) is 4.57. The van der Waals surface area contributed by atoms with Gasteiger partial charge in [-0.15, -0.1) is 0 Å². The molecule has 0 aromatic carbocycles. The Morgan fingerprint density at radius 1 is 1.00 bits per heavy atom. The molecular formula is O4Ti2. The molecule has 0 aromatic rings. The Kier molecular flexibility index (Phi) is 1.54. The Morgan fingerprint density at radius 3 is 1.33 bits per heavy atom. The van der Waals surface area contributed by atoms with Gasteiger partial charge in [0, 0.05) is 0 Å². The van der Waals surface area contributed by atoms with E-state index in [4.69, 9.17) is 0 Å². The molecule has 1 fully saturated rings. The molecule has 0 atom stereocenters. The molecule has 4 nitrogen and oxygen atoms in total. The Labute approximate surface area is 47.6 Å². The summed E-state index contributed by atoms with van der Waals surface area (Å²) in [6.07, 6.45) is 0. The predicted molar refractivity (Wildman–Crippen MR) is 3.54 cm³/mol. The first-order valence-corrected chi connectivity index (χ1v) is 5.05. The average Bonchev–Trinajstić information content (AvgIpc) is 1.33. The molecule has 0 aromatic heterocycles. The summed E-state index contributed by atoms with van der Waals surface area (Å²) >= 11 is -5.46. The standard InChI is InChI=1S/4O.2Ti. The Balaban J connectivity index is 2.47. The number of hydrogen-bond donors (Lipinski definition) is 0. The van der Waals surface area contributed by atoms with Crippen LogP contribution in [0.2, 0.25) is 0 Å². The van der Waals surface area contributed by atoms with Gasteiger partial charge in [-0.25, -0.2) is 0 Å². The first kappa shape index (κ1) is 5.09. The van der Waals surface area contributed by atoms with E-state index < -0.39 is 37.2 Å². The molecule has 0 N–H and O–H groups in total. The topological polar surface area (TPSA) is 52.6 Å². The molecule has 0 aliphatic carbocycles. The van der Waals surface area contributed by atoms with Crippen molar-refractivity contribution in [3.63, 3.8) is 0 Å². The summed E-state index contributed by atoms with van der Waals surface area (Å²) in [5, 5.41) is 0. The third-order valence-corrected chi connectivity index (χ3v) is 5.67. The molecule has 0 radical (unpaired) electrons. The van der Waals surface area contributed by atoms with Crippen molar-refractivity contribution < 1.29 is 47.7 Å². The molecule has 1 saturated heterocycles. The second kappa shape index (κ2) is 1.82. The normalized spacial score (nSPS) is 20.7. The van der Waals surface area contributed by atoms with E-state index in [1.807, 2.05) is 0 Å². The third-order valence-electron chi connectivity index (χ3n) is 0.333. The summed E-state index contributed by atoms with van der Waals surface area (Å²) in [5.74, 6) is 0. The van der Waals surface area contributed by atoms with Crippen molar-refractivity contribution in [2.75, 3.05) is 0 Å². The minimum atomic E-state index is -2.73. The van der Waals surface area contributed by atoms with E-state index in [0.717, 1.165) is 0 Å². The van der Waals surface area contributed by atoms with Crippen LogP contribution in [0.4, 0.5) is 0 Å². The van der Waals surface area contributed by atoms with Gasteiger partial charge >= 0.3 is 47.7 Å². The Morgan fingerprint density at radius 2 is 1.33 bits per heavy atom. The van der Waals surface area contributed by atoms with Crippen LogP contribution < -0.4 is 0 Å². The maximum absolute atomic E-state index is 9.76. The molecule has 6 heavy (non-hydrogen) atoms. The van der Waals surface area contributed by atoms with Crippen LogP contribution in [-0.4, -0.2) is 0 Å². The van der Waals surface area contributed by atoms with Crippen LogP contribution in [0.1, 0.15) is 0 Å². The van der Waals surface area contributed by atoms with E-state index in [0.29, 0.717) is 0 Å². The van der Waals surface area contributed by atoms with Crippen molar-refractivity contribution in [2.45, 2.75) is 0 Å². The van der Waals surface area contributed by atoms with Crippen LogP contribution in [0, 0.1) is 0 Å². The van der Waals surface area contributed by atoms with Gasteiger partial charge in [-0.3, -0.25) is 0 Å². The summed E-state index contributed by atoms with van der Waals surface area (Å²) in [5.41, 5.74) is 0. The van der Waals surface area contributed by atoms with Gasteiger partial charge in [-0.1, -0.05) is 0 Å². The van der Waals surface area contributed by atoms with E-state index in [2.05, 4.69) is 3.80 Å². The summed E-state index contributed by atoms with van der Waals surface area (Å²) in [4.78, 5) is 0. The zero-order valence-corrected chi connectivity index (χ0v) is 5.76. The molecule has 32 valence electrons. The molecular weight excluding hydrogens is 160 g/mol. The molecule has 0 unspecified atom stereocenters. The van der Waals surface area contributed by atoms with E-state index in [1.54, 1.807) is 0 Å². The predicted octanol–water partition coefficient (Wildman–Crippen LogP) is -0.379. The SMILES string of the molecule is [O]=[Ti]1[O][Ti](=[O])[O]1. The van der Waals surface area contributed by atoms with Gasteiger partial charge in [0.05, 0.1) is 0 Å². The van der Waals surface area contributed by atoms with Crippen molar-refractivity contribution in [3.8, 4) is 0 Å². The fourth-order valence-electron chi connectivity index (χ4n) is 0.144. The van der Waals surface area contributed by atoms with Crippen molar-refractivity contribution in [1.29, 1.82) is 0 Å². The molecule has 0 spiro atoms. The van der Waals surface area contributed by atoms with Gasteiger partial charge in [0.15, 0.2) is 0 Å².